The molecule has 20 heavy (non-hydrogen) atoms. The molecule has 0 spiro atoms. The maximum Gasteiger partial charge on any atom is 0.263 e. The standard InChI is InChI=1S/C12H12BrN3O2S2/c13-9-5-8(3-4-10(9)14)20(17,18)16-12-15-11(6-19-12)7-1-2-7/h3-7H,1-2,14H2,(H,15,16). The number of rotatable bonds is 4. The van der Waals surface area contributed by atoms with Gasteiger partial charge in [-0.3, -0.25) is 4.72 Å². The van der Waals surface area contributed by atoms with Crippen LogP contribution in [-0.2, 0) is 10.0 Å². The van der Waals surface area contributed by atoms with E-state index < -0.39 is 10.0 Å². The van der Waals surface area contributed by atoms with Crippen LogP contribution < -0.4 is 10.5 Å². The summed E-state index contributed by atoms with van der Waals surface area (Å²) in [6.45, 7) is 0. The van der Waals surface area contributed by atoms with Gasteiger partial charge in [0.05, 0.1) is 10.6 Å². The van der Waals surface area contributed by atoms with Crippen molar-refractivity contribution in [2.75, 3.05) is 10.5 Å². The number of sulfonamides is 1. The lowest BCUT2D eigenvalue weighted by Gasteiger charge is -2.06. The third-order valence-corrected chi connectivity index (χ3v) is 5.95. The number of nitrogens with one attached hydrogen (secondary N) is 1. The first-order chi connectivity index (χ1) is 9.45. The van der Waals surface area contributed by atoms with Crippen molar-refractivity contribution in [2.24, 2.45) is 0 Å². The zero-order valence-electron chi connectivity index (χ0n) is 10.3. The Balaban J connectivity index is 1.84. The van der Waals surface area contributed by atoms with Crippen LogP contribution in [-0.4, -0.2) is 13.4 Å². The van der Waals surface area contributed by atoms with Crippen LogP contribution in [0.2, 0.25) is 0 Å². The summed E-state index contributed by atoms with van der Waals surface area (Å²) in [5.41, 5.74) is 7.13. The van der Waals surface area contributed by atoms with Gasteiger partial charge in [0, 0.05) is 21.5 Å². The van der Waals surface area contributed by atoms with Crippen LogP contribution in [0.3, 0.4) is 0 Å². The summed E-state index contributed by atoms with van der Waals surface area (Å²) in [5, 5.41) is 2.31. The summed E-state index contributed by atoms with van der Waals surface area (Å²) in [7, 11) is -3.63. The number of anilines is 2. The second-order valence-electron chi connectivity index (χ2n) is 4.64. The summed E-state index contributed by atoms with van der Waals surface area (Å²) >= 11 is 4.53. The molecule has 1 aliphatic carbocycles. The van der Waals surface area contributed by atoms with Crippen molar-refractivity contribution in [3.63, 3.8) is 0 Å². The Hall–Kier alpha value is -1.12. The average Bonchev–Trinajstić information content (AvgIpc) is 3.14. The summed E-state index contributed by atoms with van der Waals surface area (Å²) in [6, 6.07) is 4.50. The van der Waals surface area contributed by atoms with E-state index in [1.807, 2.05) is 5.38 Å². The van der Waals surface area contributed by atoms with E-state index in [2.05, 4.69) is 25.6 Å². The molecular formula is C12H12BrN3O2S2. The fourth-order valence-electron chi connectivity index (χ4n) is 1.75. The monoisotopic (exact) mass is 373 g/mol. The second kappa shape index (κ2) is 5.01. The highest BCUT2D eigenvalue weighted by Gasteiger charge is 2.27. The highest BCUT2D eigenvalue weighted by Crippen LogP contribution is 2.41. The van der Waals surface area contributed by atoms with Crippen LogP contribution in [0.25, 0.3) is 0 Å². The lowest BCUT2D eigenvalue weighted by molar-refractivity contribution is 0.601. The van der Waals surface area contributed by atoms with Crippen molar-refractivity contribution in [1.29, 1.82) is 0 Å². The van der Waals surface area contributed by atoms with E-state index in [4.69, 9.17) is 5.73 Å². The SMILES string of the molecule is Nc1ccc(S(=O)(=O)Nc2nc(C3CC3)cs2)cc1Br. The quantitative estimate of drug-likeness (QED) is 0.805. The van der Waals surface area contributed by atoms with Gasteiger partial charge < -0.3 is 5.73 Å². The number of nitrogens with zero attached hydrogens (tertiary/aromatic N) is 1. The minimum absolute atomic E-state index is 0.154. The lowest BCUT2D eigenvalue weighted by Crippen LogP contribution is -2.13. The maximum atomic E-state index is 12.3. The Morgan fingerprint density at radius 2 is 2.15 bits per heavy atom. The van der Waals surface area contributed by atoms with Crippen LogP contribution in [0.5, 0.6) is 0 Å². The number of nitrogen functional groups attached to an aromatic ring is 1. The van der Waals surface area contributed by atoms with Gasteiger partial charge in [0.25, 0.3) is 10.0 Å². The van der Waals surface area contributed by atoms with E-state index in [0.29, 0.717) is 21.2 Å². The smallest absolute Gasteiger partial charge is 0.263 e. The number of thiazole rings is 1. The predicted octanol–water partition coefficient (Wildman–Crippen LogP) is 3.17. The molecule has 0 saturated heterocycles. The number of halogens is 1. The minimum Gasteiger partial charge on any atom is -0.398 e. The maximum absolute atomic E-state index is 12.3. The Morgan fingerprint density at radius 1 is 1.40 bits per heavy atom. The van der Waals surface area contributed by atoms with Gasteiger partial charge in [-0.25, -0.2) is 13.4 Å². The fourth-order valence-corrected chi connectivity index (χ4v) is 4.35. The lowest BCUT2D eigenvalue weighted by atomic mass is 10.3. The number of hydrogen-bond donors (Lipinski definition) is 2. The Bertz CT molecular complexity index is 754. The Labute approximate surface area is 129 Å². The van der Waals surface area contributed by atoms with Gasteiger partial charge in [0.15, 0.2) is 5.13 Å². The van der Waals surface area contributed by atoms with Crippen molar-refractivity contribution in [3.05, 3.63) is 33.7 Å². The van der Waals surface area contributed by atoms with Gasteiger partial charge in [0.2, 0.25) is 0 Å². The first-order valence-electron chi connectivity index (χ1n) is 5.99. The molecule has 0 radical (unpaired) electrons. The van der Waals surface area contributed by atoms with Crippen LogP contribution >= 0.6 is 27.3 Å². The van der Waals surface area contributed by atoms with E-state index >= 15 is 0 Å². The molecule has 1 heterocycles. The number of benzene rings is 1. The molecule has 1 saturated carbocycles. The molecule has 3 rings (SSSR count). The largest absolute Gasteiger partial charge is 0.398 e. The molecule has 106 valence electrons. The molecule has 5 nitrogen and oxygen atoms in total. The average molecular weight is 374 g/mol. The molecule has 0 amide bonds. The van der Waals surface area contributed by atoms with E-state index in [0.717, 1.165) is 18.5 Å². The summed E-state index contributed by atoms with van der Waals surface area (Å²) in [5.74, 6) is 0.509. The van der Waals surface area contributed by atoms with E-state index in [-0.39, 0.29) is 4.90 Å². The fraction of sp³-hybridized carbons (Fsp3) is 0.250. The normalized spacial score (nSPS) is 15.2. The summed E-state index contributed by atoms with van der Waals surface area (Å²) < 4.78 is 27.6. The number of hydrogen-bond acceptors (Lipinski definition) is 5. The van der Waals surface area contributed by atoms with Crippen molar-refractivity contribution >= 4 is 48.1 Å². The van der Waals surface area contributed by atoms with Gasteiger partial charge >= 0.3 is 0 Å². The van der Waals surface area contributed by atoms with Crippen LogP contribution in [0.4, 0.5) is 10.8 Å². The Morgan fingerprint density at radius 3 is 2.80 bits per heavy atom. The van der Waals surface area contributed by atoms with Crippen molar-refractivity contribution in [2.45, 2.75) is 23.7 Å². The molecule has 1 aromatic heterocycles. The molecule has 3 N–H and O–H groups in total. The molecule has 0 unspecified atom stereocenters. The third-order valence-electron chi connectivity index (χ3n) is 3.02. The summed E-state index contributed by atoms with van der Waals surface area (Å²) in [6.07, 6.45) is 2.28. The zero-order valence-corrected chi connectivity index (χ0v) is 13.6. The van der Waals surface area contributed by atoms with E-state index in [1.165, 1.54) is 23.5 Å². The minimum atomic E-state index is -3.63. The van der Waals surface area contributed by atoms with Crippen LogP contribution in [0.15, 0.2) is 32.9 Å². The van der Waals surface area contributed by atoms with Gasteiger partial charge in [-0.2, -0.15) is 0 Å². The molecule has 1 aromatic carbocycles. The van der Waals surface area contributed by atoms with Crippen molar-refractivity contribution < 1.29 is 8.42 Å². The molecule has 0 atom stereocenters. The second-order valence-corrected chi connectivity index (χ2v) is 8.04. The first kappa shape index (κ1) is 13.8. The molecule has 0 aliphatic heterocycles. The highest BCUT2D eigenvalue weighted by molar-refractivity contribution is 9.10. The van der Waals surface area contributed by atoms with Gasteiger partial charge in [0.1, 0.15) is 0 Å². The van der Waals surface area contributed by atoms with Crippen LogP contribution in [0.1, 0.15) is 24.5 Å². The van der Waals surface area contributed by atoms with Crippen molar-refractivity contribution in [1.82, 2.24) is 4.98 Å². The number of aromatic nitrogens is 1. The molecular weight excluding hydrogens is 362 g/mol. The van der Waals surface area contributed by atoms with Gasteiger partial charge in [-0.1, -0.05) is 0 Å². The van der Waals surface area contributed by atoms with E-state index in [9.17, 15) is 8.42 Å². The van der Waals surface area contributed by atoms with E-state index in [1.54, 1.807) is 6.07 Å². The predicted molar refractivity (Wildman–Crippen MR) is 83.5 cm³/mol. The third kappa shape index (κ3) is 2.82. The van der Waals surface area contributed by atoms with Crippen molar-refractivity contribution in [3.8, 4) is 0 Å². The zero-order chi connectivity index (χ0) is 14.3. The molecule has 1 fully saturated rings. The molecule has 1 aliphatic rings. The molecule has 2 aromatic rings. The summed E-state index contributed by atoms with van der Waals surface area (Å²) in [4.78, 5) is 4.47. The highest BCUT2D eigenvalue weighted by atomic mass is 79.9. The Kier molecular flexibility index (Phi) is 3.47. The number of nitrogens with two attached hydrogens (primary N) is 1. The molecule has 0 bridgehead atoms. The molecule has 8 heteroatoms. The first-order valence-corrected chi connectivity index (χ1v) is 9.14. The van der Waals surface area contributed by atoms with Gasteiger partial charge in [-0.15, -0.1) is 11.3 Å². The van der Waals surface area contributed by atoms with Gasteiger partial charge in [-0.05, 0) is 47.0 Å². The topological polar surface area (TPSA) is 85.1 Å². The van der Waals surface area contributed by atoms with Crippen LogP contribution in [0, 0.1) is 0 Å².